The molecule has 1 aromatic heterocycles. The van der Waals surface area contributed by atoms with Crippen LogP contribution < -0.4 is 10.6 Å². The molecule has 0 unspecified atom stereocenters. The SMILES string of the molecule is C[C@H](N)c1ccnc(N(C)Cc2cccc(Br)c2)c1. The van der Waals surface area contributed by atoms with Crippen molar-refractivity contribution in [2.75, 3.05) is 11.9 Å². The summed E-state index contributed by atoms with van der Waals surface area (Å²) >= 11 is 3.49. The first-order chi connectivity index (χ1) is 9.06. The van der Waals surface area contributed by atoms with E-state index < -0.39 is 0 Å². The second-order valence-electron chi connectivity index (χ2n) is 4.72. The van der Waals surface area contributed by atoms with Gasteiger partial charge in [0.25, 0.3) is 0 Å². The minimum Gasteiger partial charge on any atom is -0.355 e. The van der Waals surface area contributed by atoms with Crippen molar-refractivity contribution in [1.29, 1.82) is 0 Å². The minimum absolute atomic E-state index is 0.0287. The third-order valence-electron chi connectivity index (χ3n) is 3.00. The molecule has 0 aliphatic rings. The third kappa shape index (κ3) is 3.78. The van der Waals surface area contributed by atoms with E-state index in [9.17, 15) is 0 Å². The van der Waals surface area contributed by atoms with E-state index in [1.807, 2.05) is 44.4 Å². The quantitative estimate of drug-likeness (QED) is 0.937. The van der Waals surface area contributed by atoms with Gasteiger partial charge < -0.3 is 10.6 Å². The van der Waals surface area contributed by atoms with Crippen LogP contribution in [0.4, 0.5) is 5.82 Å². The van der Waals surface area contributed by atoms with E-state index in [2.05, 4.69) is 37.9 Å². The van der Waals surface area contributed by atoms with Gasteiger partial charge in [0.05, 0.1) is 0 Å². The van der Waals surface area contributed by atoms with Crippen LogP contribution in [0.1, 0.15) is 24.1 Å². The van der Waals surface area contributed by atoms with Crippen molar-refractivity contribution in [3.05, 3.63) is 58.2 Å². The molecule has 0 amide bonds. The van der Waals surface area contributed by atoms with Crippen molar-refractivity contribution in [2.45, 2.75) is 19.5 Å². The smallest absolute Gasteiger partial charge is 0.128 e. The molecule has 0 saturated carbocycles. The van der Waals surface area contributed by atoms with Gasteiger partial charge in [-0.1, -0.05) is 28.1 Å². The van der Waals surface area contributed by atoms with E-state index in [-0.39, 0.29) is 6.04 Å². The van der Waals surface area contributed by atoms with Gasteiger partial charge in [0.2, 0.25) is 0 Å². The molecule has 4 heteroatoms. The number of hydrogen-bond donors (Lipinski definition) is 1. The Morgan fingerprint density at radius 1 is 1.32 bits per heavy atom. The minimum atomic E-state index is 0.0287. The maximum Gasteiger partial charge on any atom is 0.128 e. The first-order valence-electron chi connectivity index (χ1n) is 6.23. The number of anilines is 1. The summed E-state index contributed by atoms with van der Waals surface area (Å²) in [6.45, 7) is 2.79. The molecule has 1 heterocycles. The van der Waals surface area contributed by atoms with E-state index in [0.29, 0.717) is 0 Å². The van der Waals surface area contributed by atoms with Crippen molar-refractivity contribution in [3.8, 4) is 0 Å². The lowest BCUT2D eigenvalue weighted by atomic mass is 10.1. The highest BCUT2D eigenvalue weighted by Gasteiger charge is 2.06. The predicted octanol–water partition coefficient (Wildman–Crippen LogP) is 3.50. The highest BCUT2D eigenvalue weighted by atomic mass is 79.9. The predicted molar refractivity (Wildman–Crippen MR) is 83.1 cm³/mol. The number of halogens is 1. The zero-order chi connectivity index (χ0) is 13.8. The fourth-order valence-electron chi connectivity index (χ4n) is 1.92. The van der Waals surface area contributed by atoms with E-state index in [0.717, 1.165) is 22.4 Å². The fraction of sp³-hybridized carbons (Fsp3) is 0.267. The largest absolute Gasteiger partial charge is 0.355 e. The molecule has 19 heavy (non-hydrogen) atoms. The lowest BCUT2D eigenvalue weighted by Crippen LogP contribution is -2.18. The molecule has 0 aliphatic heterocycles. The van der Waals surface area contributed by atoms with E-state index in [4.69, 9.17) is 5.73 Å². The third-order valence-corrected chi connectivity index (χ3v) is 3.49. The summed E-state index contributed by atoms with van der Waals surface area (Å²) in [5, 5.41) is 0. The molecule has 2 aromatic rings. The molecule has 0 aliphatic carbocycles. The average molecular weight is 320 g/mol. The normalized spacial score (nSPS) is 12.2. The van der Waals surface area contributed by atoms with Crippen LogP contribution in [0.15, 0.2) is 47.1 Å². The summed E-state index contributed by atoms with van der Waals surface area (Å²) < 4.78 is 1.09. The molecular formula is C15H18BrN3. The van der Waals surface area contributed by atoms with E-state index >= 15 is 0 Å². The number of pyridine rings is 1. The maximum atomic E-state index is 5.90. The Morgan fingerprint density at radius 2 is 2.11 bits per heavy atom. The molecule has 1 aromatic carbocycles. The monoisotopic (exact) mass is 319 g/mol. The Kier molecular flexibility index (Phi) is 4.56. The molecule has 100 valence electrons. The zero-order valence-corrected chi connectivity index (χ0v) is 12.8. The number of rotatable bonds is 4. The average Bonchev–Trinajstić information content (AvgIpc) is 2.39. The standard InChI is InChI=1S/C15H18BrN3/c1-11(17)13-6-7-18-15(9-13)19(2)10-12-4-3-5-14(16)8-12/h3-9,11H,10,17H2,1-2H3/t11-/m0/s1. The van der Waals surface area contributed by atoms with E-state index in [1.165, 1.54) is 5.56 Å². The Morgan fingerprint density at radius 3 is 2.79 bits per heavy atom. The molecule has 0 fully saturated rings. The van der Waals surface area contributed by atoms with Crippen molar-refractivity contribution in [2.24, 2.45) is 5.73 Å². The van der Waals surface area contributed by atoms with Crippen LogP contribution in [-0.4, -0.2) is 12.0 Å². The highest BCUT2D eigenvalue weighted by molar-refractivity contribution is 9.10. The topological polar surface area (TPSA) is 42.1 Å². The van der Waals surface area contributed by atoms with Gasteiger partial charge in [0, 0.05) is 30.3 Å². The van der Waals surface area contributed by atoms with Crippen LogP contribution in [0.5, 0.6) is 0 Å². The van der Waals surface area contributed by atoms with Crippen LogP contribution in [0.25, 0.3) is 0 Å². The molecule has 0 radical (unpaired) electrons. The Bertz CT molecular complexity index is 555. The molecule has 2 rings (SSSR count). The van der Waals surface area contributed by atoms with Gasteiger partial charge in [-0.2, -0.15) is 0 Å². The summed E-state index contributed by atoms with van der Waals surface area (Å²) in [6, 6.07) is 12.3. The number of benzene rings is 1. The van der Waals surface area contributed by atoms with Crippen LogP contribution in [0.2, 0.25) is 0 Å². The second-order valence-corrected chi connectivity index (χ2v) is 5.64. The van der Waals surface area contributed by atoms with Gasteiger partial charge in [-0.05, 0) is 42.3 Å². The van der Waals surface area contributed by atoms with Crippen LogP contribution >= 0.6 is 15.9 Å². The van der Waals surface area contributed by atoms with E-state index in [1.54, 1.807) is 0 Å². The number of aromatic nitrogens is 1. The Labute approximate surface area is 122 Å². The molecule has 0 spiro atoms. The fourth-order valence-corrected chi connectivity index (χ4v) is 2.36. The first kappa shape index (κ1) is 14.0. The van der Waals surface area contributed by atoms with Gasteiger partial charge in [0.1, 0.15) is 5.82 Å². The first-order valence-corrected chi connectivity index (χ1v) is 7.02. The number of hydrogen-bond acceptors (Lipinski definition) is 3. The molecule has 3 nitrogen and oxygen atoms in total. The van der Waals surface area contributed by atoms with Gasteiger partial charge in [-0.15, -0.1) is 0 Å². The van der Waals surface area contributed by atoms with Gasteiger partial charge in [-0.3, -0.25) is 0 Å². The van der Waals surface area contributed by atoms with Crippen LogP contribution in [0.3, 0.4) is 0 Å². The second kappa shape index (κ2) is 6.17. The lowest BCUT2D eigenvalue weighted by Gasteiger charge is -2.19. The Hall–Kier alpha value is -1.39. The molecule has 0 saturated heterocycles. The van der Waals surface area contributed by atoms with Gasteiger partial charge in [-0.25, -0.2) is 4.98 Å². The van der Waals surface area contributed by atoms with Crippen molar-refractivity contribution in [3.63, 3.8) is 0 Å². The Balaban J connectivity index is 2.15. The maximum absolute atomic E-state index is 5.90. The summed E-state index contributed by atoms with van der Waals surface area (Å²) in [6.07, 6.45) is 1.81. The summed E-state index contributed by atoms with van der Waals surface area (Å²) in [4.78, 5) is 6.52. The van der Waals surface area contributed by atoms with Crippen molar-refractivity contribution in [1.82, 2.24) is 4.98 Å². The van der Waals surface area contributed by atoms with Crippen LogP contribution in [-0.2, 0) is 6.54 Å². The lowest BCUT2D eigenvalue weighted by molar-refractivity contribution is 0.809. The molecule has 0 bridgehead atoms. The zero-order valence-electron chi connectivity index (χ0n) is 11.2. The summed E-state index contributed by atoms with van der Waals surface area (Å²) in [7, 11) is 2.04. The summed E-state index contributed by atoms with van der Waals surface area (Å²) in [5.41, 5.74) is 8.25. The van der Waals surface area contributed by atoms with Crippen molar-refractivity contribution >= 4 is 21.7 Å². The molecule has 2 N–H and O–H groups in total. The number of nitrogens with two attached hydrogens (primary N) is 1. The summed E-state index contributed by atoms with van der Waals surface area (Å²) in [5.74, 6) is 0.940. The van der Waals surface area contributed by atoms with Gasteiger partial charge >= 0.3 is 0 Å². The number of nitrogens with zero attached hydrogens (tertiary/aromatic N) is 2. The highest BCUT2D eigenvalue weighted by Crippen LogP contribution is 2.19. The van der Waals surface area contributed by atoms with Gasteiger partial charge in [0.15, 0.2) is 0 Å². The molecular weight excluding hydrogens is 302 g/mol. The van der Waals surface area contributed by atoms with Crippen LogP contribution in [0, 0.1) is 0 Å². The van der Waals surface area contributed by atoms with Crippen molar-refractivity contribution < 1.29 is 0 Å². The molecule has 1 atom stereocenters.